The van der Waals surface area contributed by atoms with E-state index in [0.717, 1.165) is 4.47 Å². The molecule has 122 valence electrons. The van der Waals surface area contributed by atoms with E-state index in [-0.39, 0.29) is 18.0 Å². The fourth-order valence-electron chi connectivity index (χ4n) is 2.14. The third-order valence-corrected chi connectivity index (χ3v) is 3.96. The standard InChI is InChI=1S/C16H11BrN2O5/c17-11-3-1-2-4-12(11)18-16(20)6-5-10-7-14-15(24-9-23-14)8-13(10)19(21)22/h1-8H,9H2,(H,18,20)/b6-5+. The van der Waals surface area contributed by atoms with Crippen molar-refractivity contribution in [1.29, 1.82) is 0 Å². The highest BCUT2D eigenvalue weighted by molar-refractivity contribution is 9.10. The number of para-hydroxylation sites is 1. The summed E-state index contributed by atoms with van der Waals surface area (Å²) in [5, 5.41) is 13.9. The molecule has 0 bridgehead atoms. The number of nitrogens with zero attached hydrogens (tertiary/aromatic N) is 1. The molecule has 0 radical (unpaired) electrons. The Morgan fingerprint density at radius 3 is 2.67 bits per heavy atom. The van der Waals surface area contributed by atoms with E-state index in [2.05, 4.69) is 21.2 Å². The molecule has 3 rings (SSSR count). The summed E-state index contributed by atoms with van der Waals surface area (Å²) < 4.78 is 11.1. The number of benzene rings is 2. The summed E-state index contributed by atoms with van der Waals surface area (Å²) in [6.45, 7) is 0.0160. The highest BCUT2D eigenvalue weighted by atomic mass is 79.9. The van der Waals surface area contributed by atoms with E-state index in [0.29, 0.717) is 17.2 Å². The highest BCUT2D eigenvalue weighted by Crippen LogP contribution is 2.38. The van der Waals surface area contributed by atoms with Crippen LogP contribution >= 0.6 is 15.9 Å². The molecule has 0 saturated carbocycles. The molecule has 24 heavy (non-hydrogen) atoms. The molecule has 1 aliphatic heterocycles. The molecule has 0 aliphatic carbocycles. The fourth-order valence-corrected chi connectivity index (χ4v) is 2.52. The second-order valence-electron chi connectivity index (χ2n) is 4.82. The first-order chi connectivity index (χ1) is 11.5. The zero-order valence-electron chi connectivity index (χ0n) is 12.2. The maximum Gasteiger partial charge on any atom is 0.280 e. The van der Waals surface area contributed by atoms with E-state index >= 15 is 0 Å². The number of hydrogen-bond donors (Lipinski definition) is 1. The van der Waals surface area contributed by atoms with Gasteiger partial charge in [-0.05, 0) is 40.2 Å². The Morgan fingerprint density at radius 2 is 1.96 bits per heavy atom. The van der Waals surface area contributed by atoms with Gasteiger partial charge in [0.05, 0.1) is 22.2 Å². The normalized spacial score (nSPS) is 12.4. The zero-order valence-corrected chi connectivity index (χ0v) is 13.8. The maximum absolute atomic E-state index is 12.0. The highest BCUT2D eigenvalue weighted by Gasteiger charge is 2.22. The van der Waals surface area contributed by atoms with Crippen molar-refractivity contribution in [2.45, 2.75) is 0 Å². The number of carbonyl (C=O) groups excluding carboxylic acids is 1. The smallest absolute Gasteiger partial charge is 0.280 e. The molecule has 1 aliphatic rings. The summed E-state index contributed by atoms with van der Waals surface area (Å²) in [4.78, 5) is 22.6. The molecule has 7 nitrogen and oxygen atoms in total. The van der Waals surface area contributed by atoms with Gasteiger partial charge in [0.1, 0.15) is 0 Å². The fraction of sp³-hybridized carbons (Fsp3) is 0.0625. The van der Waals surface area contributed by atoms with Gasteiger partial charge < -0.3 is 14.8 Å². The van der Waals surface area contributed by atoms with Crippen LogP contribution in [0.4, 0.5) is 11.4 Å². The molecule has 2 aromatic carbocycles. The maximum atomic E-state index is 12.0. The van der Waals surface area contributed by atoms with Crippen LogP contribution in [0.3, 0.4) is 0 Å². The summed E-state index contributed by atoms with van der Waals surface area (Å²) in [6.07, 6.45) is 2.59. The lowest BCUT2D eigenvalue weighted by atomic mass is 10.1. The summed E-state index contributed by atoms with van der Waals surface area (Å²) in [5.41, 5.74) is 0.697. The quantitative estimate of drug-likeness (QED) is 0.487. The van der Waals surface area contributed by atoms with Crippen LogP contribution in [0.2, 0.25) is 0 Å². The first-order valence-corrected chi connectivity index (χ1v) is 7.65. The first-order valence-electron chi connectivity index (χ1n) is 6.86. The minimum atomic E-state index is -0.534. The van der Waals surface area contributed by atoms with Crippen LogP contribution in [-0.2, 0) is 4.79 Å². The van der Waals surface area contributed by atoms with E-state index in [1.165, 1.54) is 24.3 Å². The van der Waals surface area contributed by atoms with Crippen LogP contribution in [0.5, 0.6) is 11.5 Å². The number of rotatable bonds is 4. The SMILES string of the molecule is O=C(/C=C/c1cc2c(cc1[N+](=O)[O-])OCO2)Nc1ccccc1Br. The van der Waals surface area contributed by atoms with Crippen molar-refractivity contribution in [3.05, 3.63) is 62.6 Å². The number of nitro benzene ring substituents is 1. The number of halogens is 1. The second kappa shape index (κ2) is 6.71. The van der Waals surface area contributed by atoms with Crippen molar-refractivity contribution in [3.63, 3.8) is 0 Å². The van der Waals surface area contributed by atoms with Crippen molar-refractivity contribution in [2.24, 2.45) is 0 Å². The van der Waals surface area contributed by atoms with Crippen LogP contribution in [0.25, 0.3) is 6.08 Å². The van der Waals surface area contributed by atoms with Crippen molar-refractivity contribution in [3.8, 4) is 11.5 Å². The minimum absolute atomic E-state index is 0.0160. The Morgan fingerprint density at radius 1 is 1.25 bits per heavy atom. The van der Waals surface area contributed by atoms with Gasteiger partial charge in [0.15, 0.2) is 11.5 Å². The summed E-state index contributed by atoms with van der Waals surface area (Å²) in [5.74, 6) is 0.317. The van der Waals surface area contributed by atoms with Gasteiger partial charge in [0.25, 0.3) is 5.69 Å². The lowest BCUT2D eigenvalue weighted by Gasteiger charge is -2.04. The third kappa shape index (κ3) is 3.38. The minimum Gasteiger partial charge on any atom is -0.454 e. The predicted octanol–water partition coefficient (Wildman–Crippen LogP) is 3.74. The molecule has 8 heteroatoms. The Hall–Kier alpha value is -2.87. The Labute approximate surface area is 145 Å². The first kappa shape index (κ1) is 16.0. The van der Waals surface area contributed by atoms with Crippen molar-refractivity contribution in [1.82, 2.24) is 0 Å². The van der Waals surface area contributed by atoms with Gasteiger partial charge in [-0.3, -0.25) is 14.9 Å². The molecule has 0 fully saturated rings. The number of fused-ring (bicyclic) bond motifs is 1. The average molecular weight is 391 g/mol. The third-order valence-electron chi connectivity index (χ3n) is 3.26. The molecular weight excluding hydrogens is 380 g/mol. The Bertz CT molecular complexity index is 850. The second-order valence-corrected chi connectivity index (χ2v) is 5.68. The lowest BCUT2D eigenvalue weighted by Crippen LogP contribution is -2.08. The lowest BCUT2D eigenvalue weighted by molar-refractivity contribution is -0.385. The van der Waals surface area contributed by atoms with Gasteiger partial charge in [-0.25, -0.2) is 0 Å². The van der Waals surface area contributed by atoms with Gasteiger partial charge in [0, 0.05) is 10.5 Å². The monoisotopic (exact) mass is 390 g/mol. The molecule has 0 aromatic heterocycles. The number of ether oxygens (including phenoxy) is 2. The average Bonchev–Trinajstić information content (AvgIpc) is 3.01. The van der Waals surface area contributed by atoms with Crippen LogP contribution in [-0.4, -0.2) is 17.6 Å². The van der Waals surface area contributed by atoms with Gasteiger partial charge in [-0.1, -0.05) is 12.1 Å². The predicted molar refractivity (Wildman–Crippen MR) is 91.0 cm³/mol. The van der Waals surface area contributed by atoms with E-state index < -0.39 is 10.8 Å². The van der Waals surface area contributed by atoms with E-state index in [9.17, 15) is 14.9 Å². The van der Waals surface area contributed by atoms with Crippen molar-refractivity contribution < 1.29 is 19.2 Å². The molecular formula is C16H11BrN2O5. The number of anilines is 1. The Kier molecular flexibility index (Phi) is 4.48. The van der Waals surface area contributed by atoms with Crippen molar-refractivity contribution >= 4 is 39.3 Å². The van der Waals surface area contributed by atoms with Crippen LogP contribution in [0.1, 0.15) is 5.56 Å². The number of nitro groups is 1. The van der Waals surface area contributed by atoms with Gasteiger partial charge in [-0.15, -0.1) is 0 Å². The van der Waals surface area contributed by atoms with Gasteiger partial charge in [-0.2, -0.15) is 0 Å². The largest absolute Gasteiger partial charge is 0.454 e. The summed E-state index contributed by atoms with van der Waals surface area (Å²) >= 11 is 3.33. The number of nitrogens with one attached hydrogen (secondary N) is 1. The van der Waals surface area contributed by atoms with E-state index in [4.69, 9.17) is 9.47 Å². The zero-order chi connectivity index (χ0) is 17.1. The molecule has 1 amide bonds. The Balaban J connectivity index is 1.82. The topological polar surface area (TPSA) is 90.7 Å². The number of hydrogen-bond acceptors (Lipinski definition) is 5. The summed E-state index contributed by atoms with van der Waals surface area (Å²) in [6, 6.07) is 9.90. The van der Waals surface area contributed by atoms with E-state index in [1.807, 2.05) is 6.07 Å². The number of amides is 1. The molecule has 2 aromatic rings. The molecule has 1 N–H and O–H groups in total. The van der Waals surface area contributed by atoms with Crippen LogP contribution < -0.4 is 14.8 Å². The van der Waals surface area contributed by atoms with E-state index in [1.54, 1.807) is 18.2 Å². The van der Waals surface area contributed by atoms with Crippen LogP contribution in [0, 0.1) is 10.1 Å². The van der Waals surface area contributed by atoms with Crippen molar-refractivity contribution in [2.75, 3.05) is 12.1 Å². The van der Waals surface area contributed by atoms with Gasteiger partial charge in [0.2, 0.25) is 12.7 Å². The molecule has 0 unspecified atom stereocenters. The van der Waals surface area contributed by atoms with Gasteiger partial charge >= 0.3 is 0 Å². The molecule has 0 saturated heterocycles. The van der Waals surface area contributed by atoms with Crippen LogP contribution in [0.15, 0.2) is 46.9 Å². The summed E-state index contributed by atoms with van der Waals surface area (Å²) in [7, 11) is 0. The number of carbonyl (C=O) groups is 1. The molecule has 1 heterocycles. The molecule has 0 spiro atoms. The molecule has 0 atom stereocenters.